The third-order valence-electron chi connectivity index (χ3n) is 3.10. The number of hydrogen-bond acceptors (Lipinski definition) is 5. The van der Waals surface area contributed by atoms with Gasteiger partial charge in [-0.3, -0.25) is 4.79 Å². The normalized spacial score (nSPS) is 12.0. The van der Waals surface area contributed by atoms with Crippen LogP contribution in [-0.4, -0.2) is 40.8 Å². The molecule has 0 fully saturated rings. The van der Waals surface area contributed by atoms with Crippen LogP contribution in [-0.2, 0) is 4.79 Å². The van der Waals surface area contributed by atoms with Crippen LogP contribution in [0.15, 0.2) is 11.2 Å². The third kappa shape index (κ3) is 6.09. The number of anilines is 1. The monoisotopic (exact) mass is 330 g/mol. The second-order valence-electron chi connectivity index (χ2n) is 4.67. The Balaban J connectivity index is 2.69. The van der Waals surface area contributed by atoms with Gasteiger partial charge < -0.3 is 10.2 Å². The summed E-state index contributed by atoms with van der Waals surface area (Å²) in [7, 11) is 0. The summed E-state index contributed by atoms with van der Waals surface area (Å²) >= 11 is 7.34. The largest absolute Gasteiger partial charge is 0.357 e. The summed E-state index contributed by atoms with van der Waals surface area (Å²) < 4.78 is 0. The molecule has 0 saturated carbocycles. The quantitative estimate of drug-likeness (QED) is 0.451. The summed E-state index contributed by atoms with van der Waals surface area (Å²) in [6.45, 7) is 9.84. The first-order valence-electron chi connectivity index (χ1n) is 7.21. The van der Waals surface area contributed by atoms with Crippen molar-refractivity contribution in [3.63, 3.8) is 0 Å². The second kappa shape index (κ2) is 9.10. The molecule has 0 bridgehead atoms. The molecule has 0 radical (unpaired) electrons. The fourth-order valence-corrected chi connectivity index (χ4v) is 2.60. The Morgan fingerprint density at radius 3 is 2.62 bits per heavy atom. The van der Waals surface area contributed by atoms with Gasteiger partial charge in [-0.15, -0.1) is 0 Å². The van der Waals surface area contributed by atoms with Crippen LogP contribution in [0.2, 0.25) is 5.15 Å². The maximum atomic E-state index is 11.8. The summed E-state index contributed by atoms with van der Waals surface area (Å²) in [5.74, 6) is 1.08. The van der Waals surface area contributed by atoms with Gasteiger partial charge in [-0.1, -0.05) is 30.3 Å². The van der Waals surface area contributed by atoms with Crippen molar-refractivity contribution < 1.29 is 4.79 Å². The first-order valence-corrected chi connectivity index (χ1v) is 8.58. The van der Waals surface area contributed by atoms with E-state index in [0.717, 1.165) is 25.3 Å². The molecule has 7 heteroatoms. The van der Waals surface area contributed by atoms with Crippen LogP contribution in [0.25, 0.3) is 0 Å². The third-order valence-corrected chi connectivity index (χ3v) is 4.14. The van der Waals surface area contributed by atoms with E-state index in [4.69, 9.17) is 11.6 Å². The Bertz CT molecular complexity index is 468. The zero-order chi connectivity index (χ0) is 15.8. The molecule has 0 aliphatic heterocycles. The SMILES string of the molecule is CCC(C)NC(=O)CSc1nc(Cl)cc(N(CC)CC)n1. The van der Waals surface area contributed by atoms with Crippen LogP contribution in [0.5, 0.6) is 0 Å². The average molecular weight is 331 g/mol. The molecule has 1 amide bonds. The number of nitrogens with zero attached hydrogens (tertiary/aromatic N) is 3. The molecule has 1 aromatic rings. The van der Waals surface area contributed by atoms with Crippen molar-refractivity contribution >= 4 is 35.1 Å². The minimum atomic E-state index is -0.0117. The number of carbonyl (C=O) groups excluding carboxylic acids is 1. The summed E-state index contributed by atoms with van der Waals surface area (Å²) in [6, 6.07) is 1.93. The highest BCUT2D eigenvalue weighted by molar-refractivity contribution is 7.99. The molecule has 0 spiro atoms. The van der Waals surface area contributed by atoms with Gasteiger partial charge in [0.2, 0.25) is 5.91 Å². The van der Waals surface area contributed by atoms with Crippen LogP contribution in [0.3, 0.4) is 0 Å². The van der Waals surface area contributed by atoms with E-state index in [1.807, 2.05) is 13.8 Å². The van der Waals surface area contributed by atoms with Gasteiger partial charge in [-0.2, -0.15) is 0 Å². The highest BCUT2D eigenvalue weighted by atomic mass is 35.5. The van der Waals surface area contributed by atoms with Crippen LogP contribution < -0.4 is 10.2 Å². The van der Waals surface area contributed by atoms with E-state index in [1.54, 1.807) is 6.07 Å². The molecule has 0 aliphatic carbocycles. The zero-order valence-electron chi connectivity index (χ0n) is 13.0. The number of hydrogen-bond donors (Lipinski definition) is 1. The van der Waals surface area contributed by atoms with Gasteiger partial charge in [0.25, 0.3) is 0 Å². The lowest BCUT2D eigenvalue weighted by atomic mass is 10.3. The van der Waals surface area contributed by atoms with Crippen molar-refractivity contribution in [2.45, 2.75) is 45.3 Å². The summed E-state index contributed by atoms with van der Waals surface area (Å²) in [6.07, 6.45) is 0.913. The number of amides is 1. The molecule has 1 unspecified atom stereocenters. The Kier molecular flexibility index (Phi) is 7.82. The smallest absolute Gasteiger partial charge is 0.230 e. The van der Waals surface area contributed by atoms with Gasteiger partial charge in [0.05, 0.1) is 5.75 Å². The van der Waals surface area contributed by atoms with E-state index in [0.29, 0.717) is 16.1 Å². The molecule has 1 rings (SSSR count). The van der Waals surface area contributed by atoms with Gasteiger partial charge in [0.1, 0.15) is 11.0 Å². The van der Waals surface area contributed by atoms with Gasteiger partial charge in [0, 0.05) is 25.2 Å². The van der Waals surface area contributed by atoms with Crippen molar-refractivity contribution in [2.75, 3.05) is 23.7 Å². The molecule has 5 nitrogen and oxygen atoms in total. The number of thioether (sulfide) groups is 1. The van der Waals surface area contributed by atoms with Gasteiger partial charge in [-0.25, -0.2) is 9.97 Å². The maximum Gasteiger partial charge on any atom is 0.230 e. The first-order chi connectivity index (χ1) is 9.99. The summed E-state index contributed by atoms with van der Waals surface area (Å²) in [5, 5.41) is 3.85. The first kappa shape index (κ1) is 18.0. The molecule has 1 aromatic heterocycles. The predicted molar refractivity (Wildman–Crippen MR) is 89.2 cm³/mol. The van der Waals surface area contributed by atoms with Crippen molar-refractivity contribution in [3.05, 3.63) is 11.2 Å². The van der Waals surface area contributed by atoms with E-state index >= 15 is 0 Å². The molecular formula is C14H23ClN4OS. The number of halogens is 1. The van der Waals surface area contributed by atoms with Crippen LogP contribution in [0.1, 0.15) is 34.1 Å². The number of rotatable bonds is 8. The van der Waals surface area contributed by atoms with Crippen LogP contribution in [0.4, 0.5) is 5.82 Å². The Labute approximate surface area is 135 Å². The van der Waals surface area contributed by atoms with Crippen molar-refractivity contribution in [3.8, 4) is 0 Å². The van der Waals surface area contributed by atoms with Crippen LogP contribution in [0, 0.1) is 0 Å². The minimum Gasteiger partial charge on any atom is -0.357 e. The lowest BCUT2D eigenvalue weighted by Crippen LogP contribution is -2.33. The van der Waals surface area contributed by atoms with Gasteiger partial charge in [-0.05, 0) is 27.2 Å². The van der Waals surface area contributed by atoms with Crippen molar-refractivity contribution in [1.82, 2.24) is 15.3 Å². The van der Waals surface area contributed by atoms with Gasteiger partial charge in [0.15, 0.2) is 5.16 Å². The number of carbonyl (C=O) groups is 1. The lowest BCUT2D eigenvalue weighted by molar-refractivity contribution is -0.119. The summed E-state index contributed by atoms with van der Waals surface area (Å²) in [4.78, 5) is 22.5. The average Bonchev–Trinajstić information content (AvgIpc) is 2.46. The molecule has 1 N–H and O–H groups in total. The minimum absolute atomic E-state index is 0.0117. The number of aromatic nitrogens is 2. The standard InChI is InChI=1S/C14H23ClN4OS/c1-5-10(4)16-13(20)9-21-14-17-11(15)8-12(18-14)19(6-2)7-3/h8,10H,5-7,9H2,1-4H3,(H,16,20). The highest BCUT2D eigenvalue weighted by Crippen LogP contribution is 2.21. The molecule has 0 aliphatic rings. The molecule has 0 saturated heterocycles. The summed E-state index contributed by atoms with van der Waals surface area (Å²) in [5.41, 5.74) is 0. The van der Waals surface area contributed by atoms with E-state index in [-0.39, 0.29) is 11.9 Å². The molecule has 0 aromatic carbocycles. The Hall–Kier alpha value is -1.01. The molecule has 118 valence electrons. The van der Waals surface area contributed by atoms with E-state index in [9.17, 15) is 4.79 Å². The highest BCUT2D eigenvalue weighted by Gasteiger charge is 2.11. The van der Waals surface area contributed by atoms with Crippen LogP contribution >= 0.6 is 23.4 Å². The van der Waals surface area contributed by atoms with E-state index < -0.39 is 0 Å². The number of nitrogens with one attached hydrogen (secondary N) is 1. The molecule has 1 atom stereocenters. The molecule has 1 heterocycles. The predicted octanol–water partition coefficient (Wildman–Crippen LogP) is 2.98. The maximum absolute atomic E-state index is 11.8. The fourth-order valence-electron chi connectivity index (χ4n) is 1.71. The fraction of sp³-hybridized carbons (Fsp3) is 0.643. The Morgan fingerprint density at radius 1 is 1.38 bits per heavy atom. The van der Waals surface area contributed by atoms with Crippen molar-refractivity contribution in [1.29, 1.82) is 0 Å². The second-order valence-corrected chi connectivity index (χ2v) is 6.00. The Morgan fingerprint density at radius 2 is 2.05 bits per heavy atom. The van der Waals surface area contributed by atoms with E-state index in [1.165, 1.54) is 11.8 Å². The van der Waals surface area contributed by atoms with Gasteiger partial charge >= 0.3 is 0 Å². The topological polar surface area (TPSA) is 58.1 Å². The molecule has 21 heavy (non-hydrogen) atoms. The van der Waals surface area contributed by atoms with Crippen molar-refractivity contribution in [2.24, 2.45) is 0 Å². The zero-order valence-corrected chi connectivity index (χ0v) is 14.6. The van der Waals surface area contributed by atoms with E-state index in [2.05, 4.69) is 34.0 Å². The molecular weight excluding hydrogens is 308 g/mol. The lowest BCUT2D eigenvalue weighted by Gasteiger charge is -2.20.